The van der Waals surface area contributed by atoms with Crippen LogP contribution in [-0.2, 0) is 4.79 Å². The number of hydrogen-bond acceptors (Lipinski definition) is 6. The fraction of sp³-hybridized carbons (Fsp3) is 0.278. The number of aromatic nitrogens is 2. The summed E-state index contributed by atoms with van der Waals surface area (Å²) in [5, 5.41) is 10.9. The van der Waals surface area contributed by atoms with E-state index < -0.39 is 0 Å². The number of anilines is 1. The van der Waals surface area contributed by atoms with Gasteiger partial charge in [-0.15, -0.1) is 10.2 Å². The first-order chi connectivity index (χ1) is 11.9. The Kier molecular flexibility index (Phi) is 4.94. The SMILES string of the molecule is Cc1ccc(NC(=O)[C@H](C)Sc2nnc(-c3ccoc3C)o2)c(C)c1. The molecule has 1 atom stereocenters. The van der Waals surface area contributed by atoms with Gasteiger partial charge in [-0.25, -0.2) is 0 Å². The number of carbonyl (C=O) groups excluding carboxylic acids is 1. The molecule has 0 spiro atoms. The van der Waals surface area contributed by atoms with Gasteiger partial charge in [0.05, 0.1) is 17.1 Å². The molecule has 25 heavy (non-hydrogen) atoms. The van der Waals surface area contributed by atoms with Crippen molar-refractivity contribution in [2.45, 2.75) is 38.2 Å². The van der Waals surface area contributed by atoms with Crippen LogP contribution in [0, 0.1) is 20.8 Å². The largest absolute Gasteiger partial charge is 0.469 e. The van der Waals surface area contributed by atoms with E-state index >= 15 is 0 Å². The summed E-state index contributed by atoms with van der Waals surface area (Å²) in [4.78, 5) is 12.4. The first-order valence-corrected chi connectivity index (χ1v) is 8.74. The van der Waals surface area contributed by atoms with Crippen molar-refractivity contribution in [2.75, 3.05) is 5.32 Å². The van der Waals surface area contributed by atoms with E-state index in [9.17, 15) is 4.79 Å². The van der Waals surface area contributed by atoms with Crippen LogP contribution < -0.4 is 5.32 Å². The molecule has 0 fully saturated rings. The number of furan rings is 1. The highest BCUT2D eigenvalue weighted by molar-refractivity contribution is 8.00. The van der Waals surface area contributed by atoms with Crippen molar-refractivity contribution < 1.29 is 13.6 Å². The molecule has 2 heterocycles. The van der Waals surface area contributed by atoms with E-state index in [0.29, 0.717) is 16.9 Å². The van der Waals surface area contributed by atoms with Crippen molar-refractivity contribution in [3.63, 3.8) is 0 Å². The fourth-order valence-corrected chi connectivity index (χ4v) is 3.05. The molecule has 6 nitrogen and oxygen atoms in total. The van der Waals surface area contributed by atoms with Crippen molar-refractivity contribution in [1.29, 1.82) is 0 Å². The molecule has 0 aliphatic carbocycles. The van der Waals surface area contributed by atoms with Crippen LogP contribution >= 0.6 is 11.8 Å². The predicted octanol–water partition coefficient (Wildman–Crippen LogP) is 4.37. The number of thioether (sulfide) groups is 1. The van der Waals surface area contributed by atoms with Gasteiger partial charge < -0.3 is 14.2 Å². The summed E-state index contributed by atoms with van der Waals surface area (Å²) in [6, 6.07) is 7.68. The monoisotopic (exact) mass is 357 g/mol. The minimum absolute atomic E-state index is 0.115. The van der Waals surface area contributed by atoms with Gasteiger partial charge in [-0.2, -0.15) is 0 Å². The lowest BCUT2D eigenvalue weighted by molar-refractivity contribution is -0.115. The molecule has 0 aliphatic heterocycles. The zero-order valence-corrected chi connectivity index (χ0v) is 15.3. The minimum Gasteiger partial charge on any atom is -0.469 e. The molecule has 3 rings (SSSR count). The first-order valence-electron chi connectivity index (χ1n) is 7.87. The topological polar surface area (TPSA) is 81.2 Å². The smallest absolute Gasteiger partial charge is 0.277 e. The number of amides is 1. The van der Waals surface area contributed by atoms with Gasteiger partial charge >= 0.3 is 0 Å². The third-order valence-electron chi connectivity index (χ3n) is 3.78. The highest BCUT2D eigenvalue weighted by Crippen LogP contribution is 2.29. The molecule has 0 radical (unpaired) electrons. The lowest BCUT2D eigenvalue weighted by Gasteiger charge is -2.12. The van der Waals surface area contributed by atoms with Gasteiger partial charge in [-0.3, -0.25) is 4.79 Å². The van der Waals surface area contributed by atoms with E-state index in [1.165, 1.54) is 11.8 Å². The van der Waals surface area contributed by atoms with Crippen molar-refractivity contribution in [3.05, 3.63) is 47.4 Å². The molecule has 3 aromatic rings. The molecule has 1 N–H and O–H groups in total. The third kappa shape index (κ3) is 3.93. The van der Waals surface area contributed by atoms with Gasteiger partial charge in [-0.05, 0) is 45.4 Å². The van der Waals surface area contributed by atoms with E-state index in [2.05, 4.69) is 15.5 Å². The van der Waals surface area contributed by atoms with Crippen LogP contribution in [0.1, 0.15) is 23.8 Å². The van der Waals surface area contributed by atoms with Gasteiger partial charge in [0.15, 0.2) is 0 Å². The minimum atomic E-state index is -0.376. The van der Waals surface area contributed by atoms with Gasteiger partial charge in [0.25, 0.3) is 11.1 Å². The van der Waals surface area contributed by atoms with Crippen LogP contribution in [0.3, 0.4) is 0 Å². The zero-order chi connectivity index (χ0) is 18.0. The molecule has 0 aliphatic rings. The average molecular weight is 357 g/mol. The molecular weight excluding hydrogens is 338 g/mol. The van der Waals surface area contributed by atoms with E-state index in [1.54, 1.807) is 19.3 Å². The molecule has 7 heteroatoms. The molecular formula is C18H19N3O3S. The Bertz CT molecular complexity index is 901. The number of rotatable bonds is 5. The van der Waals surface area contributed by atoms with Crippen LogP contribution in [0.4, 0.5) is 5.69 Å². The maximum Gasteiger partial charge on any atom is 0.277 e. The number of aryl methyl sites for hydroxylation is 3. The first kappa shape index (κ1) is 17.3. The summed E-state index contributed by atoms with van der Waals surface area (Å²) in [5.41, 5.74) is 3.75. The van der Waals surface area contributed by atoms with Crippen LogP contribution in [0.2, 0.25) is 0 Å². The molecule has 2 aromatic heterocycles. The van der Waals surface area contributed by atoms with Crippen LogP contribution in [0.25, 0.3) is 11.5 Å². The standard InChI is InChI=1S/C18H19N3O3S/c1-10-5-6-15(11(2)9-10)19-16(22)13(4)25-18-21-20-17(24-18)14-7-8-23-12(14)3/h5-9,13H,1-4H3,(H,19,22)/t13-/m0/s1. The molecule has 0 saturated carbocycles. The van der Waals surface area contributed by atoms with Crippen molar-refractivity contribution >= 4 is 23.4 Å². The predicted molar refractivity (Wildman–Crippen MR) is 96.6 cm³/mol. The van der Waals surface area contributed by atoms with Crippen molar-refractivity contribution in [3.8, 4) is 11.5 Å². The lowest BCUT2D eigenvalue weighted by atomic mass is 10.1. The summed E-state index contributed by atoms with van der Waals surface area (Å²) in [6.45, 7) is 7.62. The summed E-state index contributed by atoms with van der Waals surface area (Å²) in [5.74, 6) is 0.979. The number of nitrogens with zero attached hydrogens (tertiary/aromatic N) is 2. The van der Waals surface area contributed by atoms with Gasteiger partial charge in [0, 0.05) is 5.69 Å². The normalized spacial score (nSPS) is 12.2. The van der Waals surface area contributed by atoms with E-state index in [1.807, 2.05) is 39.0 Å². The number of nitrogens with one attached hydrogen (secondary N) is 1. The van der Waals surface area contributed by atoms with E-state index in [-0.39, 0.29) is 11.2 Å². The Labute approximate surface area is 150 Å². The van der Waals surface area contributed by atoms with Gasteiger partial charge in [-0.1, -0.05) is 29.5 Å². The van der Waals surface area contributed by atoms with Gasteiger partial charge in [0.1, 0.15) is 5.76 Å². The number of benzene rings is 1. The Hall–Kier alpha value is -2.54. The Morgan fingerprint density at radius 1 is 1.20 bits per heavy atom. The molecule has 130 valence electrons. The van der Waals surface area contributed by atoms with E-state index in [0.717, 1.165) is 22.4 Å². The Morgan fingerprint density at radius 2 is 2.00 bits per heavy atom. The molecule has 0 unspecified atom stereocenters. The molecule has 1 aromatic carbocycles. The average Bonchev–Trinajstić information content (AvgIpc) is 3.18. The van der Waals surface area contributed by atoms with Crippen LogP contribution in [-0.4, -0.2) is 21.4 Å². The summed E-state index contributed by atoms with van der Waals surface area (Å²) in [7, 11) is 0. The Morgan fingerprint density at radius 3 is 2.68 bits per heavy atom. The second-order valence-electron chi connectivity index (χ2n) is 5.83. The third-order valence-corrected chi connectivity index (χ3v) is 4.72. The quantitative estimate of drug-likeness (QED) is 0.683. The van der Waals surface area contributed by atoms with Crippen LogP contribution in [0.15, 0.2) is 44.6 Å². The zero-order valence-electron chi connectivity index (χ0n) is 14.5. The van der Waals surface area contributed by atoms with Crippen LogP contribution in [0.5, 0.6) is 0 Å². The second-order valence-corrected chi connectivity index (χ2v) is 7.12. The summed E-state index contributed by atoms with van der Waals surface area (Å²) >= 11 is 1.22. The summed E-state index contributed by atoms with van der Waals surface area (Å²) in [6.07, 6.45) is 1.57. The molecule has 0 bridgehead atoms. The highest BCUT2D eigenvalue weighted by atomic mass is 32.2. The molecule has 1 amide bonds. The van der Waals surface area contributed by atoms with Crippen molar-refractivity contribution in [1.82, 2.24) is 10.2 Å². The maximum absolute atomic E-state index is 12.4. The fourth-order valence-electron chi connectivity index (χ4n) is 2.37. The van der Waals surface area contributed by atoms with Crippen molar-refractivity contribution in [2.24, 2.45) is 0 Å². The number of hydrogen-bond donors (Lipinski definition) is 1. The van der Waals surface area contributed by atoms with E-state index in [4.69, 9.17) is 8.83 Å². The number of carbonyl (C=O) groups is 1. The maximum atomic E-state index is 12.4. The molecule has 0 saturated heterocycles. The highest BCUT2D eigenvalue weighted by Gasteiger charge is 2.20. The van der Waals surface area contributed by atoms with Gasteiger partial charge in [0.2, 0.25) is 5.91 Å². The summed E-state index contributed by atoms with van der Waals surface area (Å²) < 4.78 is 10.9. The second kappa shape index (κ2) is 7.14. The lowest BCUT2D eigenvalue weighted by Crippen LogP contribution is -2.22. The Balaban J connectivity index is 1.66.